The minimum absolute atomic E-state index is 0.636. The number of hydrogen-bond donors (Lipinski definition) is 0. The van der Waals surface area contributed by atoms with Crippen LogP contribution < -0.4 is 0 Å². The lowest BCUT2D eigenvalue weighted by Gasteiger charge is -2.34. The highest BCUT2D eigenvalue weighted by molar-refractivity contribution is 7.99. The van der Waals surface area contributed by atoms with Crippen LogP contribution in [0.4, 0.5) is 0 Å². The molecule has 84 valence electrons. The molecule has 2 aliphatic rings. The summed E-state index contributed by atoms with van der Waals surface area (Å²) >= 11 is 2.07. The van der Waals surface area contributed by atoms with E-state index >= 15 is 0 Å². The lowest BCUT2D eigenvalue weighted by Crippen LogP contribution is -2.41. The minimum atomic E-state index is 0.636. The number of thioether (sulfide) groups is 1. The van der Waals surface area contributed by atoms with Gasteiger partial charge in [-0.2, -0.15) is 11.8 Å². The molecule has 0 bridgehead atoms. The SMILES string of the molecule is [N-]=[N+]=NCCN(C1CCSCC1)C1CC1. The summed E-state index contributed by atoms with van der Waals surface area (Å²) in [5.74, 6) is 2.60. The van der Waals surface area contributed by atoms with E-state index in [0.717, 1.165) is 18.6 Å². The molecular weight excluding hydrogens is 208 g/mol. The van der Waals surface area contributed by atoms with E-state index in [1.165, 1.54) is 37.2 Å². The monoisotopic (exact) mass is 226 g/mol. The van der Waals surface area contributed by atoms with Crippen molar-refractivity contribution in [1.29, 1.82) is 0 Å². The van der Waals surface area contributed by atoms with E-state index in [0.29, 0.717) is 6.54 Å². The molecule has 1 aliphatic heterocycles. The summed E-state index contributed by atoms with van der Waals surface area (Å²) in [5, 5.41) is 3.65. The normalized spacial score (nSPS) is 22.7. The summed E-state index contributed by atoms with van der Waals surface area (Å²) < 4.78 is 0. The zero-order valence-corrected chi connectivity index (χ0v) is 9.83. The highest BCUT2D eigenvalue weighted by Crippen LogP contribution is 2.32. The van der Waals surface area contributed by atoms with Crippen molar-refractivity contribution in [3.63, 3.8) is 0 Å². The molecule has 15 heavy (non-hydrogen) atoms. The average Bonchev–Trinajstić information content (AvgIpc) is 3.10. The van der Waals surface area contributed by atoms with Crippen LogP contribution in [-0.4, -0.2) is 41.6 Å². The molecule has 2 rings (SSSR count). The Balaban J connectivity index is 1.83. The van der Waals surface area contributed by atoms with Gasteiger partial charge >= 0.3 is 0 Å². The number of azide groups is 1. The number of rotatable bonds is 5. The molecule has 5 heteroatoms. The van der Waals surface area contributed by atoms with Crippen molar-refractivity contribution in [2.45, 2.75) is 37.8 Å². The first-order chi connectivity index (χ1) is 7.42. The summed E-state index contributed by atoms with van der Waals surface area (Å²) in [7, 11) is 0. The molecule has 1 aliphatic carbocycles. The predicted octanol–water partition coefficient (Wildman–Crippen LogP) is 2.66. The Morgan fingerprint density at radius 3 is 2.47 bits per heavy atom. The zero-order chi connectivity index (χ0) is 10.5. The molecule has 0 aromatic heterocycles. The van der Waals surface area contributed by atoms with Crippen LogP contribution in [0.2, 0.25) is 0 Å². The molecule has 1 saturated carbocycles. The number of hydrogen-bond acceptors (Lipinski definition) is 3. The van der Waals surface area contributed by atoms with Gasteiger partial charge in [-0.15, -0.1) is 0 Å². The maximum absolute atomic E-state index is 8.28. The van der Waals surface area contributed by atoms with Crippen LogP contribution in [0, 0.1) is 0 Å². The first kappa shape index (κ1) is 11.1. The van der Waals surface area contributed by atoms with E-state index < -0.39 is 0 Å². The zero-order valence-electron chi connectivity index (χ0n) is 9.01. The molecule has 0 radical (unpaired) electrons. The molecule has 0 atom stereocenters. The molecular formula is C10H18N4S. The predicted molar refractivity (Wildman–Crippen MR) is 64.1 cm³/mol. The molecule has 1 heterocycles. The summed E-state index contributed by atoms with van der Waals surface area (Å²) in [6.07, 6.45) is 5.33. The van der Waals surface area contributed by atoms with Crippen molar-refractivity contribution in [3.8, 4) is 0 Å². The van der Waals surface area contributed by atoms with Crippen LogP contribution in [0.1, 0.15) is 25.7 Å². The topological polar surface area (TPSA) is 52.0 Å². The van der Waals surface area contributed by atoms with Gasteiger partial charge in [0.25, 0.3) is 0 Å². The number of nitrogens with zero attached hydrogens (tertiary/aromatic N) is 4. The molecule has 1 saturated heterocycles. The van der Waals surface area contributed by atoms with Crippen molar-refractivity contribution >= 4 is 11.8 Å². The van der Waals surface area contributed by atoms with Gasteiger partial charge in [0.15, 0.2) is 0 Å². The summed E-state index contributed by atoms with van der Waals surface area (Å²) in [6, 6.07) is 1.56. The Bertz CT molecular complexity index is 242. The maximum Gasteiger partial charge on any atom is 0.0386 e. The lowest BCUT2D eigenvalue weighted by atomic mass is 10.1. The second kappa shape index (κ2) is 5.64. The van der Waals surface area contributed by atoms with E-state index in [9.17, 15) is 0 Å². The van der Waals surface area contributed by atoms with E-state index in [4.69, 9.17) is 5.53 Å². The van der Waals surface area contributed by atoms with Crippen LogP contribution in [0.15, 0.2) is 5.11 Å². The van der Waals surface area contributed by atoms with Gasteiger partial charge in [-0.25, -0.2) is 0 Å². The van der Waals surface area contributed by atoms with Gasteiger partial charge in [0.1, 0.15) is 0 Å². The van der Waals surface area contributed by atoms with E-state index in [1.807, 2.05) is 0 Å². The molecule has 4 nitrogen and oxygen atoms in total. The third-order valence-corrected chi connectivity index (χ3v) is 4.25. The summed E-state index contributed by atoms with van der Waals surface area (Å²) in [4.78, 5) is 5.42. The Kier molecular flexibility index (Phi) is 4.18. The van der Waals surface area contributed by atoms with Crippen molar-refractivity contribution in [2.24, 2.45) is 5.11 Å². The van der Waals surface area contributed by atoms with E-state index in [1.54, 1.807) is 0 Å². The largest absolute Gasteiger partial charge is 0.297 e. The third-order valence-electron chi connectivity index (χ3n) is 3.20. The van der Waals surface area contributed by atoms with Gasteiger partial charge in [0.05, 0.1) is 0 Å². The van der Waals surface area contributed by atoms with Gasteiger partial charge in [-0.05, 0) is 42.7 Å². The lowest BCUT2D eigenvalue weighted by molar-refractivity contribution is 0.181. The van der Waals surface area contributed by atoms with Crippen LogP contribution >= 0.6 is 11.8 Å². The van der Waals surface area contributed by atoms with Gasteiger partial charge in [-0.3, -0.25) is 4.90 Å². The highest BCUT2D eigenvalue weighted by Gasteiger charge is 2.33. The van der Waals surface area contributed by atoms with Crippen LogP contribution in [0.5, 0.6) is 0 Å². The van der Waals surface area contributed by atoms with Gasteiger partial charge in [-0.1, -0.05) is 5.11 Å². The van der Waals surface area contributed by atoms with Gasteiger partial charge < -0.3 is 0 Å². The quantitative estimate of drug-likeness (QED) is 0.411. The first-order valence-corrected chi connectivity index (χ1v) is 6.91. The fourth-order valence-corrected chi connectivity index (χ4v) is 3.37. The summed E-state index contributed by atoms with van der Waals surface area (Å²) in [5.41, 5.74) is 8.28. The molecule has 0 unspecified atom stereocenters. The average molecular weight is 226 g/mol. The molecule has 0 spiro atoms. The maximum atomic E-state index is 8.28. The molecule has 0 N–H and O–H groups in total. The standard InChI is InChI=1S/C10H18N4S/c11-13-12-5-6-14(9-1-2-9)10-3-7-15-8-4-10/h9-10H,1-8H2. The van der Waals surface area contributed by atoms with Crippen molar-refractivity contribution < 1.29 is 0 Å². The highest BCUT2D eigenvalue weighted by atomic mass is 32.2. The molecule has 0 aromatic carbocycles. The van der Waals surface area contributed by atoms with Crippen LogP contribution in [-0.2, 0) is 0 Å². The molecule has 2 fully saturated rings. The Labute approximate surface area is 95.0 Å². The second-order valence-electron chi connectivity index (χ2n) is 4.27. The fourth-order valence-electron chi connectivity index (χ4n) is 2.29. The first-order valence-electron chi connectivity index (χ1n) is 5.76. The smallest absolute Gasteiger partial charge is 0.0386 e. The molecule has 0 amide bonds. The van der Waals surface area contributed by atoms with Crippen LogP contribution in [0.25, 0.3) is 10.4 Å². The Morgan fingerprint density at radius 1 is 1.20 bits per heavy atom. The van der Waals surface area contributed by atoms with Gasteiger partial charge in [0, 0.05) is 30.1 Å². The Morgan fingerprint density at radius 2 is 1.87 bits per heavy atom. The van der Waals surface area contributed by atoms with Crippen LogP contribution in [0.3, 0.4) is 0 Å². The third kappa shape index (κ3) is 3.30. The van der Waals surface area contributed by atoms with E-state index in [2.05, 4.69) is 26.7 Å². The Hall–Kier alpha value is -0.380. The van der Waals surface area contributed by atoms with Gasteiger partial charge in [0.2, 0.25) is 0 Å². The second-order valence-corrected chi connectivity index (χ2v) is 5.49. The van der Waals surface area contributed by atoms with E-state index in [-0.39, 0.29) is 0 Å². The van der Waals surface area contributed by atoms with Crippen molar-refractivity contribution in [3.05, 3.63) is 10.4 Å². The molecule has 0 aromatic rings. The summed E-state index contributed by atoms with van der Waals surface area (Å²) in [6.45, 7) is 1.60. The fraction of sp³-hybridized carbons (Fsp3) is 1.00. The van der Waals surface area contributed by atoms with Crippen molar-refractivity contribution in [1.82, 2.24) is 4.90 Å². The minimum Gasteiger partial charge on any atom is -0.297 e. The van der Waals surface area contributed by atoms with Crippen molar-refractivity contribution in [2.75, 3.05) is 24.6 Å².